The Morgan fingerprint density at radius 2 is 2.08 bits per heavy atom. The Balaban J connectivity index is 1.81. The number of halogens is 1. The van der Waals surface area contributed by atoms with Crippen LogP contribution in [0.25, 0.3) is 0 Å². The number of nitrogens with zero attached hydrogens (tertiary/aromatic N) is 4. The van der Waals surface area contributed by atoms with Crippen LogP contribution >= 0.6 is 0 Å². The van der Waals surface area contributed by atoms with Gasteiger partial charge in [0.1, 0.15) is 5.82 Å². The predicted octanol–water partition coefficient (Wildman–Crippen LogP) is 3.12. The van der Waals surface area contributed by atoms with Crippen molar-refractivity contribution < 1.29 is 9.31 Å². The molecule has 1 aromatic heterocycles. The smallest absolute Gasteiger partial charge is 0.306 e. The van der Waals surface area contributed by atoms with Crippen molar-refractivity contribution in [2.75, 3.05) is 37.8 Å². The molecule has 2 N–H and O–H groups in total. The van der Waals surface area contributed by atoms with Gasteiger partial charge in [-0.3, -0.25) is 10.1 Å². The molecule has 1 saturated carbocycles. The first-order valence-corrected chi connectivity index (χ1v) is 8.41. The predicted molar refractivity (Wildman–Crippen MR) is 97.4 cm³/mol. The van der Waals surface area contributed by atoms with Crippen molar-refractivity contribution in [1.29, 1.82) is 0 Å². The SMILES string of the molecule is CN(C)CCNc1nc(Nc2ccc(F)c([N+](=O)[O-])c2)cc(C2CC2)n1. The third-order valence-electron chi connectivity index (χ3n) is 4.00. The van der Waals surface area contributed by atoms with Gasteiger partial charge in [0, 0.05) is 36.8 Å². The molecule has 1 fully saturated rings. The van der Waals surface area contributed by atoms with Gasteiger partial charge in [-0.05, 0) is 39.1 Å². The molecule has 9 heteroatoms. The number of benzene rings is 1. The van der Waals surface area contributed by atoms with Gasteiger partial charge in [-0.15, -0.1) is 0 Å². The molecule has 1 aromatic carbocycles. The fourth-order valence-corrected chi connectivity index (χ4v) is 2.47. The van der Waals surface area contributed by atoms with Gasteiger partial charge in [-0.25, -0.2) is 4.98 Å². The van der Waals surface area contributed by atoms with Crippen molar-refractivity contribution >= 4 is 23.1 Å². The van der Waals surface area contributed by atoms with Crippen LogP contribution in [-0.4, -0.2) is 47.0 Å². The van der Waals surface area contributed by atoms with Crippen molar-refractivity contribution in [3.63, 3.8) is 0 Å². The average Bonchev–Trinajstić information content (AvgIpc) is 3.41. The minimum atomic E-state index is -0.868. The summed E-state index contributed by atoms with van der Waals surface area (Å²) < 4.78 is 13.5. The molecule has 1 aliphatic rings. The molecule has 1 aliphatic carbocycles. The summed E-state index contributed by atoms with van der Waals surface area (Å²) in [4.78, 5) is 21.2. The van der Waals surface area contributed by atoms with Gasteiger partial charge in [-0.1, -0.05) is 0 Å². The summed E-state index contributed by atoms with van der Waals surface area (Å²) in [5.74, 6) is 0.592. The normalized spacial score (nSPS) is 13.7. The van der Waals surface area contributed by atoms with E-state index < -0.39 is 16.4 Å². The first-order chi connectivity index (χ1) is 12.4. The molecule has 0 bridgehead atoms. The summed E-state index contributed by atoms with van der Waals surface area (Å²) in [6.07, 6.45) is 2.19. The molecule has 0 amide bonds. The zero-order valence-electron chi connectivity index (χ0n) is 14.7. The molecule has 0 atom stereocenters. The zero-order chi connectivity index (χ0) is 18.7. The van der Waals surface area contributed by atoms with Gasteiger partial charge in [0.2, 0.25) is 11.8 Å². The molecule has 26 heavy (non-hydrogen) atoms. The Bertz CT molecular complexity index is 810. The van der Waals surface area contributed by atoms with E-state index in [2.05, 4.69) is 25.5 Å². The zero-order valence-corrected chi connectivity index (χ0v) is 14.7. The second-order valence-corrected chi connectivity index (χ2v) is 6.55. The van der Waals surface area contributed by atoms with E-state index in [0.717, 1.165) is 37.2 Å². The first-order valence-electron chi connectivity index (χ1n) is 8.41. The lowest BCUT2D eigenvalue weighted by molar-refractivity contribution is -0.387. The quantitative estimate of drug-likeness (QED) is 0.551. The van der Waals surface area contributed by atoms with Gasteiger partial charge in [0.25, 0.3) is 0 Å². The molecular weight excluding hydrogens is 339 g/mol. The Morgan fingerprint density at radius 3 is 2.73 bits per heavy atom. The highest BCUT2D eigenvalue weighted by atomic mass is 19.1. The van der Waals surface area contributed by atoms with Crippen LogP contribution in [0.5, 0.6) is 0 Å². The van der Waals surface area contributed by atoms with Crippen LogP contribution in [0, 0.1) is 15.9 Å². The maximum absolute atomic E-state index is 13.5. The topological polar surface area (TPSA) is 96.2 Å². The Hall–Kier alpha value is -2.81. The number of likely N-dealkylation sites (N-methyl/N-ethyl adjacent to an activating group) is 1. The first kappa shape index (κ1) is 18.0. The molecule has 3 rings (SSSR count). The number of hydrogen-bond acceptors (Lipinski definition) is 7. The van der Waals surface area contributed by atoms with E-state index in [-0.39, 0.29) is 0 Å². The lowest BCUT2D eigenvalue weighted by Crippen LogP contribution is -2.21. The van der Waals surface area contributed by atoms with E-state index >= 15 is 0 Å². The van der Waals surface area contributed by atoms with Crippen LogP contribution < -0.4 is 10.6 Å². The van der Waals surface area contributed by atoms with Crippen LogP contribution in [0.1, 0.15) is 24.5 Å². The Labute approximate surface area is 150 Å². The van der Waals surface area contributed by atoms with Gasteiger partial charge in [0.15, 0.2) is 0 Å². The highest BCUT2D eigenvalue weighted by Gasteiger charge is 2.26. The molecule has 138 valence electrons. The molecule has 1 heterocycles. The van der Waals surface area contributed by atoms with Crippen molar-refractivity contribution in [3.8, 4) is 0 Å². The minimum Gasteiger partial charge on any atom is -0.353 e. The molecule has 2 aromatic rings. The molecule has 0 unspecified atom stereocenters. The van der Waals surface area contributed by atoms with Gasteiger partial charge in [-0.2, -0.15) is 9.37 Å². The van der Waals surface area contributed by atoms with Crippen LogP contribution in [0.3, 0.4) is 0 Å². The number of hydrogen-bond donors (Lipinski definition) is 2. The van der Waals surface area contributed by atoms with Crippen molar-refractivity contribution in [1.82, 2.24) is 14.9 Å². The number of aromatic nitrogens is 2. The highest BCUT2D eigenvalue weighted by Crippen LogP contribution is 2.40. The standard InChI is InChI=1S/C17H21FN6O2/c1-23(2)8-7-19-17-21-14(11-3-4-11)10-16(22-17)20-12-5-6-13(18)15(9-12)24(25)26/h5-6,9-11H,3-4,7-8H2,1-2H3,(H2,19,20,21,22). The molecule has 0 saturated heterocycles. The average molecular weight is 360 g/mol. The summed E-state index contributed by atoms with van der Waals surface area (Å²) in [5, 5.41) is 17.1. The maximum atomic E-state index is 13.5. The molecule has 0 aliphatic heterocycles. The molecule has 8 nitrogen and oxygen atoms in total. The summed E-state index contributed by atoms with van der Waals surface area (Å²) in [6, 6.07) is 5.51. The summed E-state index contributed by atoms with van der Waals surface area (Å²) in [5.41, 5.74) is 0.764. The summed E-state index contributed by atoms with van der Waals surface area (Å²) in [7, 11) is 3.97. The van der Waals surface area contributed by atoms with Crippen molar-refractivity contribution in [2.24, 2.45) is 0 Å². The van der Waals surface area contributed by atoms with Crippen LogP contribution in [0.4, 0.5) is 27.5 Å². The van der Waals surface area contributed by atoms with Crippen LogP contribution in [0.2, 0.25) is 0 Å². The van der Waals surface area contributed by atoms with E-state index in [4.69, 9.17) is 0 Å². The van der Waals surface area contributed by atoms with Crippen LogP contribution in [0.15, 0.2) is 24.3 Å². The third kappa shape index (κ3) is 4.63. The Kier molecular flexibility index (Phi) is 5.27. The number of nitro groups is 1. The second-order valence-electron chi connectivity index (χ2n) is 6.55. The van der Waals surface area contributed by atoms with E-state index in [9.17, 15) is 14.5 Å². The lowest BCUT2D eigenvalue weighted by atomic mass is 10.2. The van der Waals surface area contributed by atoms with Crippen molar-refractivity contribution in [3.05, 3.63) is 45.9 Å². The highest BCUT2D eigenvalue weighted by molar-refractivity contribution is 5.61. The second kappa shape index (κ2) is 7.61. The minimum absolute atomic E-state index is 0.401. The number of anilines is 3. The Morgan fingerprint density at radius 1 is 1.31 bits per heavy atom. The number of nitro benzene ring substituents is 1. The maximum Gasteiger partial charge on any atom is 0.306 e. The van der Waals surface area contributed by atoms with Gasteiger partial charge in [0.05, 0.1) is 10.6 Å². The monoisotopic (exact) mass is 360 g/mol. The van der Waals surface area contributed by atoms with Gasteiger partial charge < -0.3 is 15.5 Å². The van der Waals surface area contributed by atoms with E-state index in [0.29, 0.717) is 29.9 Å². The number of nitrogens with one attached hydrogen (secondary N) is 2. The van der Waals surface area contributed by atoms with E-state index in [1.807, 2.05) is 20.2 Å². The molecule has 0 radical (unpaired) electrons. The van der Waals surface area contributed by atoms with E-state index in [1.165, 1.54) is 6.07 Å². The lowest BCUT2D eigenvalue weighted by Gasteiger charge is -2.13. The van der Waals surface area contributed by atoms with Crippen LogP contribution in [-0.2, 0) is 0 Å². The third-order valence-corrected chi connectivity index (χ3v) is 4.00. The van der Waals surface area contributed by atoms with Gasteiger partial charge >= 0.3 is 5.69 Å². The fraction of sp³-hybridized carbons (Fsp3) is 0.412. The molecular formula is C17H21FN6O2. The fourth-order valence-electron chi connectivity index (χ4n) is 2.47. The largest absolute Gasteiger partial charge is 0.353 e. The van der Waals surface area contributed by atoms with Crippen molar-refractivity contribution in [2.45, 2.75) is 18.8 Å². The van der Waals surface area contributed by atoms with E-state index in [1.54, 1.807) is 0 Å². The molecule has 0 spiro atoms. The number of rotatable bonds is 8. The summed E-state index contributed by atoms with van der Waals surface area (Å²) in [6.45, 7) is 1.53. The summed E-state index contributed by atoms with van der Waals surface area (Å²) >= 11 is 0.